The van der Waals surface area contributed by atoms with Crippen molar-refractivity contribution in [2.45, 2.75) is 31.5 Å². The van der Waals surface area contributed by atoms with Crippen LogP contribution < -0.4 is 9.47 Å². The van der Waals surface area contributed by atoms with Crippen LogP contribution in [0.25, 0.3) is 11.0 Å². The van der Waals surface area contributed by atoms with Crippen molar-refractivity contribution in [2.75, 3.05) is 40.3 Å². The number of rotatable bonds is 11. The van der Waals surface area contributed by atoms with Gasteiger partial charge in [-0.1, -0.05) is 41.4 Å². The first-order valence-electron chi connectivity index (χ1n) is 14.8. The number of ketones is 1. The molecule has 0 radical (unpaired) electrons. The van der Waals surface area contributed by atoms with Crippen LogP contribution in [0.4, 0.5) is 13.2 Å². The molecule has 1 aliphatic rings. The second-order valence-electron chi connectivity index (χ2n) is 11.3. The first-order valence-corrected chi connectivity index (χ1v) is 15.5. The number of fused-ring (bicyclic) bond motifs is 1. The van der Waals surface area contributed by atoms with E-state index in [0.29, 0.717) is 41.7 Å². The van der Waals surface area contributed by atoms with Crippen molar-refractivity contribution in [2.24, 2.45) is 5.92 Å². The Morgan fingerprint density at radius 3 is 2.48 bits per heavy atom. The number of carbonyl (C=O) groups excluding carboxylic acids is 2. The van der Waals surface area contributed by atoms with Crippen LogP contribution in [0.5, 0.6) is 11.5 Å². The minimum atomic E-state index is -4.91. The highest BCUT2D eigenvalue weighted by Crippen LogP contribution is 2.32. The zero-order chi connectivity index (χ0) is 33.0. The average Bonchev–Trinajstić information content (AvgIpc) is 3.47. The molecule has 3 aromatic carbocycles. The molecule has 4 aromatic rings. The molecular formula is C33H33Cl2F3N4O4. The van der Waals surface area contributed by atoms with Crippen molar-refractivity contribution in [1.29, 1.82) is 0 Å². The van der Waals surface area contributed by atoms with Crippen molar-refractivity contribution in [1.82, 2.24) is 19.8 Å². The van der Waals surface area contributed by atoms with Crippen molar-refractivity contribution < 1.29 is 32.2 Å². The van der Waals surface area contributed by atoms with E-state index in [4.69, 9.17) is 27.9 Å². The van der Waals surface area contributed by atoms with Gasteiger partial charge in [0.2, 0.25) is 5.78 Å². The second kappa shape index (κ2) is 14.3. The van der Waals surface area contributed by atoms with Gasteiger partial charge in [-0.3, -0.25) is 9.59 Å². The summed E-state index contributed by atoms with van der Waals surface area (Å²) in [5, 5.41) is 0.776. The normalized spacial score (nSPS) is 15.1. The minimum absolute atomic E-state index is 0.0183. The topological polar surface area (TPSA) is 87.8 Å². The molecule has 1 fully saturated rings. The minimum Gasteiger partial charge on any atom is -0.496 e. The maximum Gasteiger partial charge on any atom is 0.573 e. The number of amides is 1. The number of aromatic nitrogens is 2. The Kier molecular flexibility index (Phi) is 10.4. The van der Waals surface area contributed by atoms with Crippen molar-refractivity contribution >= 4 is 45.9 Å². The lowest BCUT2D eigenvalue weighted by atomic mass is 9.90. The number of halogens is 5. The van der Waals surface area contributed by atoms with Crippen LogP contribution in [0.3, 0.4) is 0 Å². The van der Waals surface area contributed by atoms with E-state index in [1.54, 1.807) is 19.2 Å². The van der Waals surface area contributed by atoms with Gasteiger partial charge in [-0.2, -0.15) is 0 Å². The van der Waals surface area contributed by atoms with E-state index in [0.717, 1.165) is 41.8 Å². The van der Waals surface area contributed by atoms with E-state index in [2.05, 4.69) is 19.6 Å². The number of H-pyrrole nitrogens is 1. The summed E-state index contributed by atoms with van der Waals surface area (Å²) < 4.78 is 47.9. The number of carbonyl (C=O) groups is 2. The maximum atomic E-state index is 13.5. The Hall–Kier alpha value is -3.80. The van der Waals surface area contributed by atoms with Gasteiger partial charge in [-0.05, 0) is 86.9 Å². The first-order chi connectivity index (χ1) is 21.9. The molecule has 0 bridgehead atoms. The number of Topliss-reactive ketones (excluding diaryl/α,β-unsaturated/α-hetero) is 1. The lowest BCUT2D eigenvalue weighted by molar-refractivity contribution is -0.274. The molecule has 244 valence electrons. The van der Waals surface area contributed by atoms with E-state index in [1.807, 2.05) is 30.3 Å². The number of methoxy groups -OCH3 is 1. The monoisotopic (exact) mass is 676 g/mol. The number of hydrogen-bond donors (Lipinski definition) is 1. The number of ether oxygens (including phenoxy) is 2. The number of likely N-dealkylation sites (N-methyl/N-ethyl adjacent to an activating group) is 1. The van der Waals surface area contributed by atoms with Gasteiger partial charge in [0.15, 0.2) is 5.82 Å². The van der Waals surface area contributed by atoms with Gasteiger partial charge in [0.1, 0.15) is 11.5 Å². The molecule has 1 aliphatic heterocycles. The van der Waals surface area contributed by atoms with E-state index in [9.17, 15) is 22.8 Å². The molecule has 1 atom stereocenters. The zero-order valence-corrected chi connectivity index (χ0v) is 26.8. The number of aromatic amines is 1. The summed E-state index contributed by atoms with van der Waals surface area (Å²) in [4.78, 5) is 38.0. The standard InChI is InChI=1S/C33H33Cl2F3N4O4/c1-41(32(44)24-18-23(46-33(36,37)38)8-10-29(24)45-2)19-22(21-7-9-25(34)26(35)17-21)13-16-42-14-11-20(12-15-42)30(43)31-39-27-5-3-4-6-28(27)40-31/h3-10,17-18,20,22H,11-16,19H2,1-2H3,(H,39,40). The molecule has 5 rings (SSSR count). The number of piperidine rings is 1. The maximum absolute atomic E-state index is 13.5. The number of nitrogens with zero attached hydrogens (tertiary/aromatic N) is 3. The van der Waals surface area contributed by atoms with Crippen LogP contribution in [0.1, 0.15) is 51.7 Å². The predicted molar refractivity (Wildman–Crippen MR) is 170 cm³/mol. The molecule has 1 aromatic heterocycles. The molecule has 0 saturated carbocycles. The fourth-order valence-corrected chi connectivity index (χ4v) is 6.13. The number of benzene rings is 3. The Morgan fingerprint density at radius 2 is 1.80 bits per heavy atom. The highest BCUT2D eigenvalue weighted by molar-refractivity contribution is 6.42. The van der Waals surface area contributed by atoms with Gasteiger partial charge in [-0.15, -0.1) is 13.2 Å². The third-order valence-electron chi connectivity index (χ3n) is 8.27. The fraction of sp³-hybridized carbons (Fsp3) is 0.364. The van der Waals surface area contributed by atoms with Crippen molar-refractivity contribution in [3.63, 3.8) is 0 Å². The molecule has 1 amide bonds. The summed E-state index contributed by atoms with van der Waals surface area (Å²) in [6.07, 6.45) is -2.87. The number of likely N-dealkylation sites (tertiary alicyclic amines) is 1. The smallest absolute Gasteiger partial charge is 0.496 e. The number of nitrogens with one attached hydrogen (secondary N) is 1. The lowest BCUT2D eigenvalue weighted by Crippen LogP contribution is -2.38. The van der Waals surface area contributed by atoms with E-state index in [1.165, 1.54) is 18.1 Å². The number of alkyl halides is 3. The summed E-state index contributed by atoms with van der Waals surface area (Å²) in [5.41, 5.74) is 2.41. The van der Waals surface area contributed by atoms with Gasteiger partial charge in [-0.25, -0.2) is 4.98 Å². The van der Waals surface area contributed by atoms with Crippen LogP contribution in [0, 0.1) is 5.92 Å². The number of imidazole rings is 1. The SMILES string of the molecule is COc1ccc(OC(F)(F)F)cc1C(=O)N(C)CC(CCN1CCC(C(=O)c2nc3ccccc3[nH]2)CC1)c1ccc(Cl)c(Cl)c1. The van der Waals surface area contributed by atoms with E-state index >= 15 is 0 Å². The summed E-state index contributed by atoms with van der Waals surface area (Å²) in [6, 6.07) is 16.3. The second-order valence-corrected chi connectivity index (χ2v) is 12.2. The average molecular weight is 678 g/mol. The fourth-order valence-electron chi connectivity index (χ4n) is 5.82. The molecule has 46 heavy (non-hydrogen) atoms. The van der Waals surface area contributed by atoms with Crippen LogP contribution in [-0.2, 0) is 0 Å². The summed E-state index contributed by atoms with van der Waals surface area (Å²) in [6.45, 7) is 2.38. The van der Waals surface area contributed by atoms with E-state index in [-0.39, 0.29) is 35.5 Å². The number of para-hydroxylation sites is 2. The molecule has 0 aliphatic carbocycles. The molecular weight excluding hydrogens is 644 g/mol. The Labute approximate surface area is 274 Å². The predicted octanol–water partition coefficient (Wildman–Crippen LogP) is 7.62. The van der Waals surface area contributed by atoms with Crippen molar-refractivity contribution in [3.8, 4) is 11.5 Å². The third-order valence-corrected chi connectivity index (χ3v) is 9.00. The Morgan fingerprint density at radius 1 is 1.07 bits per heavy atom. The van der Waals surface area contributed by atoms with E-state index < -0.39 is 18.0 Å². The molecule has 0 spiro atoms. The highest BCUT2D eigenvalue weighted by Gasteiger charge is 2.32. The quantitative estimate of drug-likeness (QED) is 0.165. The number of hydrogen-bond acceptors (Lipinski definition) is 6. The largest absolute Gasteiger partial charge is 0.573 e. The molecule has 1 saturated heterocycles. The highest BCUT2D eigenvalue weighted by atomic mass is 35.5. The van der Waals surface area contributed by atoms with Crippen LogP contribution in [0.2, 0.25) is 10.0 Å². The molecule has 2 heterocycles. The van der Waals surface area contributed by atoms with Gasteiger partial charge in [0, 0.05) is 25.4 Å². The molecule has 1 N–H and O–H groups in total. The van der Waals surface area contributed by atoms with Gasteiger partial charge >= 0.3 is 6.36 Å². The van der Waals surface area contributed by atoms with Gasteiger partial charge in [0.25, 0.3) is 5.91 Å². The van der Waals surface area contributed by atoms with Crippen LogP contribution in [-0.4, -0.2) is 78.2 Å². The third kappa shape index (κ3) is 8.12. The molecule has 8 nitrogen and oxygen atoms in total. The molecule has 13 heteroatoms. The Bertz CT molecular complexity index is 1670. The van der Waals surface area contributed by atoms with Gasteiger partial charge in [0.05, 0.1) is 33.8 Å². The first kappa shape index (κ1) is 33.6. The van der Waals surface area contributed by atoms with Crippen LogP contribution in [0.15, 0.2) is 60.7 Å². The van der Waals surface area contributed by atoms with Crippen molar-refractivity contribution in [3.05, 3.63) is 87.7 Å². The zero-order valence-electron chi connectivity index (χ0n) is 25.2. The molecule has 1 unspecified atom stereocenters. The lowest BCUT2D eigenvalue weighted by Gasteiger charge is -2.33. The summed E-state index contributed by atoms with van der Waals surface area (Å²) >= 11 is 12.5. The van der Waals surface area contributed by atoms with Gasteiger partial charge < -0.3 is 24.3 Å². The Balaban J connectivity index is 1.25. The van der Waals surface area contributed by atoms with Crippen LogP contribution >= 0.6 is 23.2 Å². The summed E-state index contributed by atoms with van der Waals surface area (Å²) in [7, 11) is 2.92. The summed E-state index contributed by atoms with van der Waals surface area (Å²) in [5.74, 6) is -0.827.